The summed E-state index contributed by atoms with van der Waals surface area (Å²) in [5.41, 5.74) is 4.09. The number of aryl methyl sites for hydroxylation is 2. The summed E-state index contributed by atoms with van der Waals surface area (Å²) in [5, 5.41) is 2.72. The van der Waals surface area contributed by atoms with Crippen molar-refractivity contribution in [3.8, 4) is 5.75 Å². The van der Waals surface area contributed by atoms with Gasteiger partial charge in [-0.05, 0) is 87.3 Å². The number of hydrogen-bond acceptors (Lipinski definition) is 3. The van der Waals surface area contributed by atoms with Gasteiger partial charge in [0, 0.05) is 9.13 Å². The van der Waals surface area contributed by atoms with Crippen molar-refractivity contribution in [1.82, 2.24) is 0 Å². The molecule has 4 nitrogen and oxygen atoms in total. The minimum absolute atomic E-state index is 0.349. The molecule has 128 valence electrons. The highest BCUT2D eigenvalue weighted by Crippen LogP contribution is 2.31. The molecule has 0 fully saturated rings. The van der Waals surface area contributed by atoms with Crippen LogP contribution >= 0.6 is 38.5 Å². The third-order valence-electron chi connectivity index (χ3n) is 3.68. The fourth-order valence-corrected chi connectivity index (χ4v) is 3.48. The minimum atomic E-state index is -0.498. The smallest absolute Gasteiger partial charge is 0.411 e. The van der Waals surface area contributed by atoms with Crippen LogP contribution in [0.15, 0.2) is 34.8 Å². The van der Waals surface area contributed by atoms with Crippen LogP contribution in [-0.2, 0) is 17.8 Å². The number of carbonyl (C=O) groups excluding carboxylic acids is 1. The van der Waals surface area contributed by atoms with Gasteiger partial charge in [0.1, 0.15) is 12.4 Å². The minimum Gasteiger partial charge on any atom is -0.488 e. The summed E-state index contributed by atoms with van der Waals surface area (Å²) in [7, 11) is 1.34. The summed E-state index contributed by atoms with van der Waals surface area (Å²) >= 11 is 5.80. The van der Waals surface area contributed by atoms with E-state index in [-0.39, 0.29) is 0 Å². The summed E-state index contributed by atoms with van der Waals surface area (Å²) in [6, 6.07) is 9.81. The van der Waals surface area contributed by atoms with E-state index in [0.29, 0.717) is 12.3 Å². The van der Waals surface area contributed by atoms with Crippen molar-refractivity contribution in [1.29, 1.82) is 0 Å². The molecule has 1 N–H and O–H groups in total. The van der Waals surface area contributed by atoms with Gasteiger partial charge < -0.3 is 9.47 Å². The number of hydrogen-bond donors (Lipinski definition) is 1. The molecule has 0 heterocycles. The molecule has 6 heteroatoms. The largest absolute Gasteiger partial charge is 0.488 e. The van der Waals surface area contributed by atoms with Crippen LogP contribution in [0.25, 0.3) is 0 Å². The number of carbonyl (C=O) groups is 1. The topological polar surface area (TPSA) is 47.6 Å². The van der Waals surface area contributed by atoms with E-state index in [4.69, 9.17) is 4.74 Å². The Morgan fingerprint density at radius 1 is 1.33 bits per heavy atom. The quantitative estimate of drug-likeness (QED) is 0.534. The van der Waals surface area contributed by atoms with Crippen LogP contribution in [0.3, 0.4) is 0 Å². The number of methoxy groups -OCH3 is 1. The highest BCUT2D eigenvalue weighted by atomic mass is 127. The van der Waals surface area contributed by atoms with Gasteiger partial charge in [0.25, 0.3) is 0 Å². The lowest BCUT2D eigenvalue weighted by atomic mass is 10.1. The van der Waals surface area contributed by atoms with Gasteiger partial charge in [-0.15, -0.1) is 0 Å². The molecular formula is C18H19BrINO3. The van der Waals surface area contributed by atoms with Crippen molar-refractivity contribution in [2.75, 3.05) is 12.4 Å². The van der Waals surface area contributed by atoms with Crippen molar-refractivity contribution in [3.05, 3.63) is 55.1 Å². The second kappa shape index (κ2) is 8.71. The molecule has 24 heavy (non-hydrogen) atoms. The van der Waals surface area contributed by atoms with Crippen LogP contribution in [0, 0.1) is 10.5 Å². The highest BCUT2D eigenvalue weighted by Gasteiger charge is 2.12. The number of nitrogens with one attached hydrogen (secondary N) is 1. The van der Waals surface area contributed by atoms with Crippen LogP contribution in [0.5, 0.6) is 5.75 Å². The predicted octanol–water partition coefficient (Wildman–Crippen LogP) is 5.68. The Kier molecular flexibility index (Phi) is 6.91. The van der Waals surface area contributed by atoms with Gasteiger partial charge in [-0.3, -0.25) is 5.32 Å². The van der Waals surface area contributed by atoms with E-state index >= 15 is 0 Å². The fraction of sp³-hybridized carbons (Fsp3) is 0.278. The Morgan fingerprint density at radius 3 is 2.75 bits per heavy atom. The first kappa shape index (κ1) is 19.1. The molecule has 1 amide bonds. The van der Waals surface area contributed by atoms with Crippen LogP contribution in [0.1, 0.15) is 23.6 Å². The van der Waals surface area contributed by atoms with E-state index in [9.17, 15) is 4.79 Å². The molecular weight excluding hydrogens is 485 g/mol. The van der Waals surface area contributed by atoms with Crippen LogP contribution in [0.4, 0.5) is 10.5 Å². The maximum Gasteiger partial charge on any atom is 0.411 e. The maximum absolute atomic E-state index is 11.5. The van der Waals surface area contributed by atoms with Gasteiger partial charge in [0.2, 0.25) is 0 Å². The molecule has 2 aromatic carbocycles. The van der Waals surface area contributed by atoms with E-state index in [1.807, 2.05) is 24.3 Å². The van der Waals surface area contributed by atoms with Gasteiger partial charge in [-0.1, -0.05) is 13.0 Å². The average molecular weight is 504 g/mol. The Balaban J connectivity index is 2.23. The lowest BCUT2D eigenvalue weighted by Crippen LogP contribution is -2.14. The van der Waals surface area contributed by atoms with Crippen molar-refractivity contribution in [3.63, 3.8) is 0 Å². The summed E-state index contributed by atoms with van der Waals surface area (Å²) in [5.74, 6) is 0.786. The van der Waals surface area contributed by atoms with Crippen molar-refractivity contribution < 1.29 is 14.3 Å². The molecule has 0 spiro atoms. The molecule has 0 aliphatic carbocycles. The first-order valence-electron chi connectivity index (χ1n) is 7.50. The number of benzene rings is 2. The van der Waals surface area contributed by atoms with Crippen molar-refractivity contribution >= 4 is 50.3 Å². The Hall–Kier alpha value is -1.28. The van der Waals surface area contributed by atoms with Crippen LogP contribution < -0.4 is 10.1 Å². The molecule has 2 aromatic rings. The number of rotatable bonds is 5. The van der Waals surface area contributed by atoms with E-state index < -0.39 is 6.09 Å². The molecule has 0 bridgehead atoms. The van der Waals surface area contributed by atoms with Crippen LogP contribution in [0.2, 0.25) is 0 Å². The van der Waals surface area contributed by atoms with Crippen molar-refractivity contribution in [2.45, 2.75) is 26.9 Å². The second-order valence-electron chi connectivity index (χ2n) is 5.23. The Morgan fingerprint density at radius 2 is 2.08 bits per heavy atom. The van der Waals surface area contributed by atoms with E-state index in [1.165, 1.54) is 18.2 Å². The molecule has 0 saturated carbocycles. The third-order valence-corrected chi connectivity index (χ3v) is 5.31. The van der Waals surface area contributed by atoms with E-state index in [2.05, 4.69) is 68.5 Å². The summed E-state index contributed by atoms with van der Waals surface area (Å²) in [4.78, 5) is 11.5. The summed E-state index contributed by atoms with van der Waals surface area (Å²) in [6.45, 7) is 4.56. The van der Waals surface area contributed by atoms with Gasteiger partial charge >= 0.3 is 6.09 Å². The predicted molar refractivity (Wildman–Crippen MR) is 108 cm³/mol. The van der Waals surface area contributed by atoms with E-state index in [0.717, 1.165) is 25.8 Å². The first-order chi connectivity index (χ1) is 11.5. The number of anilines is 1. The summed E-state index contributed by atoms with van der Waals surface area (Å²) in [6.07, 6.45) is 0.483. The normalized spacial score (nSPS) is 10.4. The first-order valence-corrected chi connectivity index (χ1v) is 9.37. The van der Waals surface area contributed by atoms with Gasteiger partial charge in [-0.25, -0.2) is 4.79 Å². The Bertz CT molecular complexity index is 749. The fourth-order valence-electron chi connectivity index (χ4n) is 2.32. The lowest BCUT2D eigenvalue weighted by Gasteiger charge is -2.15. The monoisotopic (exact) mass is 503 g/mol. The maximum atomic E-state index is 11.5. The standard InChI is InChI=1S/C18H19BrINO3/c1-4-12-9-14(19)17(8-11(12)2)24-10-13-15(20)6-5-7-16(13)21-18(22)23-3/h5-9H,4,10H2,1-3H3,(H,21,22). The molecule has 2 rings (SSSR count). The van der Waals surface area contributed by atoms with Crippen molar-refractivity contribution in [2.24, 2.45) is 0 Å². The molecule has 0 aliphatic rings. The van der Waals surface area contributed by atoms with Gasteiger partial charge in [0.05, 0.1) is 17.3 Å². The van der Waals surface area contributed by atoms with E-state index in [1.54, 1.807) is 0 Å². The summed E-state index contributed by atoms with van der Waals surface area (Å²) < 4.78 is 12.6. The average Bonchev–Trinajstić information content (AvgIpc) is 2.56. The third kappa shape index (κ3) is 4.63. The molecule has 0 aliphatic heterocycles. The highest BCUT2D eigenvalue weighted by molar-refractivity contribution is 14.1. The van der Waals surface area contributed by atoms with Gasteiger partial charge in [-0.2, -0.15) is 0 Å². The molecule has 0 saturated heterocycles. The molecule has 0 aromatic heterocycles. The number of halogens is 2. The number of amides is 1. The zero-order chi connectivity index (χ0) is 17.7. The Labute approximate surface area is 164 Å². The molecule has 0 unspecified atom stereocenters. The SMILES string of the molecule is CCc1cc(Br)c(OCc2c(I)cccc2NC(=O)OC)cc1C. The zero-order valence-corrected chi connectivity index (χ0v) is 17.5. The lowest BCUT2D eigenvalue weighted by molar-refractivity contribution is 0.187. The second-order valence-corrected chi connectivity index (χ2v) is 7.25. The zero-order valence-electron chi connectivity index (χ0n) is 13.8. The van der Waals surface area contributed by atoms with Crippen LogP contribution in [-0.4, -0.2) is 13.2 Å². The molecule has 0 radical (unpaired) electrons. The number of ether oxygens (including phenoxy) is 2. The van der Waals surface area contributed by atoms with Gasteiger partial charge in [0.15, 0.2) is 0 Å². The molecule has 0 atom stereocenters.